The van der Waals surface area contributed by atoms with Gasteiger partial charge in [-0.25, -0.2) is 22.5 Å². The Labute approximate surface area is 163 Å². The average Bonchev–Trinajstić information content (AvgIpc) is 2.71. The molecule has 3 N–H and O–H groups in total. The van der Waals surface area contributed by atoms with Crippen molar-refractivity contribution >= 4 is 17.4 Å². The van der Waals surface area contributed by atoms with Gasteiger partial charge in [0, 0.05) is 30.3 Å². The number of alkyl halides is 3. The van der Waals surface area contributed by atoms with Crippen LogP contribution >= 0.6 is 0 Å². The molecule has 0 aliphatic carbocycles. The first-order valence-corrected chi connectivity index (χ1v) is 8.48. The number of nitrogens with zero attached hydrogens (tertiary/aromatic N) is 3. The number of pyridine rings is 1. The van der Waals surface area contributed by atoms with Crippen molar-refractivity contribution < 1.29 is 22.4 Å². The van der Waals surface area contributed by atoms with Gasteiger partial charge in [0.05, 0.1) is 11.4 Å². The number of hydrogen-bond donors (Lipinski definition) is 2. The summed E-state index contributed by atoms with van der Waals surface area (Å²) in [5.41, 5.74) is 2.15. The van der Waals surface area contributed by atoms with Crippen molar-refractivity contribution in [3.63, 3.8) is 0 Å². The summed E-state index contributed by atoms with van der Waals surface area (Å²) in [6, 6.07) is 7.40. The Hall–Kier alpha value is -3.48. The van der Waals surface area contributed by atoms with Gasteiger partial charge in [0.15, 0.2) is 5.54 Å². The standard InChI is InChI=1S/C19H15F4N5O/c20-10-18(19(22,23)6-5-16(25)28-18)13-7-12(2-3-14(13)21)27-17(29)15-4-1-11(8-24)9-26-15/h1-4,7,9H,5-6,10H2,(H2,25,28)(H,27,29). The van der Waals surface area contributed by atoms with E-state index in [-0.39, 0.29) is 29.2 Å². The normalized spacial score (nSPS) is 20.4. The first-order chi connectivity index (χ1) is 13.7. The number of carbonyl (C=O) groups is 1. The highest BCUT2D eigenvalue weighted by atomic mass is 19.3. The van der Waals surface area contributed by atoms with Gasteiger partial charge < -0.3 is 11.1 Å². The molecule has 2 heterocycles. The number of nitrogens with one attached hydrogen (secondary N) is 1. The first-order valence-electron chi connectivity index (χ1n) is 8.48. The van der Waals surface area contributed by atoms with Gasteiger partial charge in [0.25, 0.3) is 11.8 Å². The summed E-state index contributed by atoms with van der Waals surface area (Å²) in [4.78, 5) is 19.7. The van der Waals surface area contributed by atoms with E-state index >= 15 is 0 Å². The molecule has 0 saturated heterocycles. The molecule has 1 aliphatic rings. The SMILES string of the molecule is N#Cc1ccc(C(=O)Nc2ccc(F)c(C3(CF)N=C(N)CCC3(F)F)c2)nc1. The zero-order chi connectivity index (χ0) is 21.2. The molecule has 0 fully saturated rings. The molecule has 1 aromatic carbocycles. The van der Waals surface area contributed by atoms with Crippen molar-refractivity contribution in [2.45, 2.75) is 24.3 Å². The molecule has 3 rings (SSSR count). The van der Waals surface area contributed by atoms with Crippen LogP contribution in [0.2, 0.25) is 0 Å². The van der Waals surface area contributed by atoms with Crippen LogP contribution < -0.4 is 11.1 Å². The predicted molar refractivity (Wildman–Crippen MR) is 96.8 cm³/mol. The van der Waals surface area contributed by atoms with Gasteiger partial charge in [0.1, 0.15) is 24.3 Å². The minimum atomic E-state index is -3.68. The number of hydrogen-bond acceptors (Lipinski definition) is 5. The molecule has 1 aliphatic heterocycles. The van der Waals surface area contributed by atoms with Gasteiger partial charge in [-0.1, -0.05) is 0 Å². The fourth-order valence-electron chi connectivity index (χ4n) is 3.04. The van der Waals surface area contributed by atoms with E-state index in [1.54, 1.807) is 0 Å². The number of aliphatic imine (C=N–C) groups is 1. The zero-order valence-electron chi connectivity index (χ0n) is 14.9. The predicted octanol–water partition coefficient (Wildman–Crippen LogP) is 3.30. The summed E-state index contributed by atoms with van der Waals surface area (Å²) >= 11 is 0. The Morgan fingerprint density at radius 3 is 2.69 bits per heavy atom. The molecule has 0 bridgehead atoms. The summed E-state index contributed by atoms with van der Waals surface area (Å²) < 4.78 is 57.5. The van der Waals surface area contributed by atoms with Crippen LogP contribution in [-0.2, 0) is 5.54 Å². The topological polar surface area (TPSA) is 104 Å². The monoisotopic (exact) mass is 405 g/mol. The lowest BCUT2D eigenvalue weighted by Gasteiger charge is -2.39. The van der Waals surface area contributed by atoms with Gasteiger partial charge in [-0.3, -0.25) is 9.79 Å². The third-order valence-electron chi connectivity index (χ3n) is 4.62. The van der Waals surface area contributed by atoms with Gasteiger partial charge in [-0.15, -0.1) is 0 Å². The third-order valence-corrected chi connectivity index (χ3v) is 4.62. The van der Waals surface area contributed by atoms with Crippen LogP contribution in [0.1, 0.15) is 34.5 Å². The number of rotatable bonds is 4. The van der Waals surface area contributed by atoms with Crippen molar-refractivity contribution in [2.24, 2.45) is 10.7 Å². The van der Waals surface area contributed by atoms with Crippen molar-refractivity contribution in [1.82, 2.24) is 4.98 Å². The van der Waals surface area contributed by atoms with Crippen LogP contribution in [0, 0.1) is 17.1 Å². The smallest absolute Gasteiger partial charge is 0.280 e. The molecule has 10 heteroatoms. The highest BCUT2D eigenvalue weighted by Crippen LogP contribution is 2.48. The van der Waals surface area contributed by atoms with Crippen molar-refractivity contribution in [1.29, 1.82) is 5.26 Å². The highest BCUT2D eigenvalue weighted by Gasteiger charge is 2.58. The first kappa shape index (κ1) is 20.3. The van der Waals surface area contributed by atoms with E-state index < -0.39 is 41.8 Å². The second-order valence-electron chi connectivity index (χ2n) is 6.49. The minimum absolute atomic E-state index is 0.0551. The number of anilines is 1. The Morgan fingerprint density at radius 1 is 1.31 bits per heavy atom. The quantitative estimate of drug-likeness (QED) is 0.762. The van der Waals surface area contributed by atoms with Crippen molar-refractivity contribution in [3.05, 3.63) is 59.2 Å². The molecule has 0 saturated carbocycles. The minimum Gasteiger partial charge on any atom is -0.387 e. The third kappa shape index (κ3) is 3.63. The fraction of sp³-hybridized carbons (Fsp3) is 0.263. The largest absolute Gasteiger partial charge is 0.387 e. The number of aromatic nitrogens is 1. The maximum absolute atomic E-state index is 14.6. The molecule has 150 valence electrons. The van der Waals surface area contributed by atoms with E-state index in [1.807, 2.05) is 6.07 Å². The Bertz CT molecular complexity index is 1020. The van der Waals surface area contributed by atoms with E-state index in [4.69, 9.17) is 11.0 Å². The zero-order valence-corrected chi connectivity index (χ0v) is 14.9. The summed E-state index contributed by atoms with van der Waals surface area (Å²) in [5.74, 6) is -5.71. The van der Waals surface area contributed by atoms with Crippen LogP contribution in [-0.4, -0.2) is 29.3 Å². The molecule has 1 aromatic heterocycles. The maximum atomic E-state index is 14.6. The number of amidine groups is 1. The second-order valence-corrected chi connectivity index (χ2v) is 6.49. The maximum Gasteiger partial charge on any atom is 0.280 e. The Kier molecular flexibility index (Phi) is 5.24. The van der Waals surface area contributed by atoms with Gasteiger partial charge in [-0.2, -0.15) is 5.26 Å². The van der Waals surface area contributed by atoms with Crippen LogP contribution in [0.4, 0.5) is 23.2 Å². The van der Waals surface area contributed by atoms with E-state index in [9.17, 15) is 22.4 Å². The fourth-order valence-corrected chi connectivity index (χ4v) is 3.04. The molecular weight excluding hydrogens is 390 g/mol. The van der Waals surface area contributed by atoms with Gasteiger partial charge in [-0.05, 0) is 30.3 Å². The molecular formula is C19H15F4N5O. The summed E-state index contributed by atoms with van der Waals surface area (Å²) in [6.45, 7) is -1.67. The van der Waals surface area contributed by atoms with E-state index in [2.05, 4.69) is 15.3 Å². The molecule has 2 aromatic rings. The average molecular weight is 405 g/mol. The Morgan fingerprint density at radius 2 is 2.07 bits per heavy atom. The molecule has 6 nitrogen and oxygen atoms in total. The number of benzene rings is 1. The molecule has 0 spiro atoms. The number of carbonyl (C=O) groups excluding carboxylic acids is 1. The lowest BCUT2D eigenvalue weighted by molar-refractivity contribution is -0.0959. The molecule has 29 heavy (non-hydrogen) atoms. The molecule has 1 atom stereocenters. The molecule has 1 unspecified atom stereocenters. The highest BCUT2D eigenvalue weighted by molar-refractivity contribution is 6.02. The van der Waals surface area contributed by atoms with Gasteiger partial charge >= 0.3 is 0 Å². The molecule has 0 radical (unpaired) electrons. The van der Waals surface area contributed by atoms with Gasteiger partial charge in [0.2, 0.25) is 0 Å². The summed E-state index contributed by atoms with van der Waals surface area (Å²) in [7, 11) is 0. The lowest BCUT2D eigenvalue weighted by Crippen LogP contribution is -2.51. The van der Waals surface area contributed by atoms with E-state index in [0.717, 1.165) is 18.2 Å². The van der Waals surface area contributed by atoms with E-state index in [1.165, 1.54) is 18.3 Å². The summed E-state index contributed by atoms with van der Waals surface area (Å²) in [6.07, 6.45) is 0.164. The Balaban J connectivity index is 1.98. The van der Waals surface area contributed by atoms with Crippen molar-refractivity contribution in [3.8, 4) is 6.07 Å². The summed E-state index contributed by atoms with van der Waals surface area (Å²) in [5, 5.41) is 11.1. The van der Waals surface area contributed by atoms with Crippen LogP contribution in [0.5, 0.6) is 0 Å². The van der Waals surface area contributed by atoms with Crippen LogP contribution in [0.15, 0.2) is 41.5 Å². The number of halogens is 4. The number of nitriles is 1. The molecule has 1 amide bonds. The van der Waals surface area contributed by atoms with Crippen LogP contribution in [0.3, 0.4) is 0 Å². The van der Waals surface area contributed by atoms with E-state index in [0.29, 0.717) is 0 Å². The lowest BCUT2D eigenvalue weighted by atomic mass is 9.80. The second kappa shape index (κ2) is 7.50. The number of nitrogens with two attached hydrogens (primary N) is 1. The number of amides is 1. The van der Waals surface area contributed by atoms with Crippen molar-refractivity contribution in [2.75, 3.05) is 12.0 Å². The van der Waals surface area contributed by atoms with Crippen LogP contribution in [0.25, 0.3) is 0 Å².